The van der Waals surface area contributed by atoms with Crippen LogP contribution in [0.2, 0.25) is 0 Å². The SMILES string of the molecule is COC(=O)/C=C/c1cc(OC)c(OC)c(S(N)(=O)=O)c1. The van der Waals surface area contributed by atoms with Crippen LogP contribution in [0.1, 0.15) is 5.56 Å². The minimum absolute atomic E-state index is 0.00483. The second kappa shape index (κ2) is 6.40. The van der Waals surface area contributed by atoms with Gasteiger partial charge in [-0.25, -0.2) is 18.4 Å². The van der Waals surface area contributed by atoms with Crippen LogP contribution in [0.25, 0.3) is 6.08 Å². The van der Waals surface area contributed by atoms with Crippen LogP contribution in [-0.2, 0) is 19.6 Å². The maximum absolute atomic E-state index is 11.6. The topological polar surface area (TPSA) is 105 Å². The Balaban J connectivity index is 3.44. The lowest BCUT2D eigenvalue weighted by Gasteiger charge is -2.12. The number of methoxy groups -OCH3 is 3. The molecular formula is C12H15NO6S. The van der Waals surface area contributed by atoms with E-state index in [0.29, 0.717) is 5.56 Å². The molecule has 8 heteroatoms. The second-order valence-corrected chi connectivity index (χ2v) is 5.19. The molecule has 1 rings (SSSR count). The predicted molar refractivity (Wildman–Crippen MR) is 72.0 cm³/mol. The van der Waals surface area contributed by atoms with Crippen molar-refractivity contribution in [2.45, 2.75) is 4.90 Å². The van der Waals surface area contributed by atoms with E-state index in [1.165, 1.54) is 39.5 Å². The molecule has 0 saturated carbocycles. The standard InChI is InChI=1S/C12H15NO6S/c1-17-9-6-8(4-5-11(14)18-2)7-10(12(9)19-3)20(13,15)16/h4-7H,1-3H3,(H2,13,15,16)/b5-4+. The lowest BCUT2D eigenvalue weighted by molar-refractivity contribution is -0.134. The summed E-state index contributed by atoms with van der Waals surface area (Å²) < 4.78 is 37.6. The van der Waals surface area contributed by atoms with Crippen LogP contribution in [0.15, 0.2) is 23.1 Å². The van der Waals surface area contributed by atoms with Gasteiger partial charge in [0.1, 0.15) is 4.90 Å². The van der Waals surface area contributed by atoms with Gasteiger partial charge in [-0.05, 0) is 23.8 Å². The molecule has 0 aromatic heterocycles. The number of rotatable bonds is 5. The van der Waals surface area contributed by atoms with E-state index in [-0.39, 0.29) is 16.4 Å². The number of carbonyl (C=O) groups excluding carboxylic acids is 1. The Kier molecular flexibility index (Phi) is 5.12. The molecule has 0 radical (unpaired) electrons. The number of sulfonamides is 1. The number of ether oxygens (including phenoxy) is 3. The number of hydrogen-bond donors (Lipinski definition) is 1. The summed E-state index contributed by atoms with van der Waals surface area (Å²) >= 11 is 0. The van der Waals surface area contributed by atoms with Gasteiger partial charge in [0.2, 0.25) is 10.0 Å². The number of esters is 1. The molecule has 20 heavy (non-hydrogen) atoms. The zero-order valence-electron chi connectivity index (χ0n) is 11.2. The number of nitrogens with two attached hydrogens (primary N) is 1. The average Bonchev–Trinajstić information content (AvgIpc) is 2.42. The van der Waals surface area contributed by atoms with Crippen molar-refractivity contribution in [1.29, 1.82) is 0 Å². The molecule has 0 bridgehead atoms. The summed E-state index contributed by atoms with van der Waals surface area (Å²) in [6.07, 6.45) is 2.52. The zero-order valence-corrected chi connectivity index (χ0v) is 12.1. The Morgan fingerprint density at radius 3 is 2.30 bits per heavy atom. The van der Waals surface area contributed by atoms with Crippen LogP contribution in [-0.4, -0.2) is 35.7 Å². The molecule has 0 amide bonds. The van der Waals surface area contributed by atoms with E-state index >= 15 is 0 Å². The van der Waals surface area contributed by atoms with Gasteiger partial charge >= 0.3 is 5.97 Å². The first kappa shape index (κ1) is 16.0. The quantitative estimate of drug-likeness (QED) is 0.628. The van der Waals surface area contributed by atoms with Gasteiger partial charge in [0.05, 0.1) is 21.3 Å². The molecule has 0 fully saturated rings. The maximum atomic E-state index is 11.6. The van der Waals surface area contributed by atoms with Crippen LogP contribution in [0.3, 0.4) is 0 Å². The van der Waals surface area contributed by atoms with E-state index in [9.17, 15) is 13.2 Å². The molecule has 2 N–H and O–H groups in total. The van der Waals surface area contributed by atoms with Crippen molar-refractivity contribution in [2.24, 2.45) is 5.14 Å². The van der Waals surface area contributed by atoms with Crippen LogP contribution in [0.5, 0.6) is 11.5 Å². The van der Waals surface area contributed by atoms with Gasteiger partial charge in [-0.3, -0.25) is 0 Å². The first-order chi connectivity index (χ1) is 9.33. The van der Waals surface area contributed by atoms with Gasteiger partial charge in [0.15, 0.2) is 11.5 Å². The summed E-state index contributed by atoms with van der Waals surface area (Å²) in [7, 11) is -0.105. The lowest BCUT2D eigenvalue weighted by Crippen LogP contribution is -2.14. The van der Waals surface area contributed by atoms with Crippen molar-refractivity contribution in [2.75, 3.05) is 21.3 Å². The predicted octanol–water partition coefficient (Wildman–Crippen LogP) is 0.537. The highest BCUT2D eigenvalue weighted by Crippen LogP contribution is 2.35. The molecule has 0 heterocycles. The van der Waals surface area contributed by atoms with E-state index in [1.807, 2.05) is 0 Å². The van der Waals surface area contributed by atoms with E-state index in [2.05, 4.69) is 4.74 Å². The lowest BCUT2D eigenvalue weighted by atomic mass is 10.2. The molecule has 0 aliphatic carbocycles. The Labute approximate surface area is 117 Å². The van der Waals surface area contributed by atoms with Gasteiger partial charge < -0.3 is 14.2 Å². The molecule has 7 nitrogen and oxygen atoms in total. The average molecular weight is 301 g/mol. The number of carbonyl (C=O) groups is 1. The van der Waals surface area contributed by atoms with Crippen molar-refractivity contribution in [3.05, 3.63) is 23.8 Å². The molecule has 0 unspecified atom stereocenters. The Morgan fingerprint density at radius 1 is 1.20 bits per heavy atom. The third kappa shape index (κ3) is 3.72. The molecule has 0 spiro atoms. The molecule has 0 aliphatic rings. The first-order valence-electron chi connectivity index (χ1n) is 5.38. The number of hydrogen-bond acceptors (Lipinski definition) is 6. The van der Waals surface area contributed by atoms with E-state index < -0.39 is 16.0 Å². The van der Waals surface area contributed by atoms with Crippen molar-refractivity contribution >= 4 is 22.1 Å². The van der Waals surface area contributed by atoms with Gasteiger partial charge in [0.25, 0.3) is 0 Å². The summed E-state index contributed by atoms with van der Waals surface area (Å²) in [5.41, 5.74) is 0.400. The van der Waals surface area contributed by atoms with E-state index in [1.54, 1.807) is 0 Å². The Hall–Kier alpha value is -2.06. The van der Waals surface area contributed by atoms with Crippen LogP contribution in [0, 0.1) is 0 Å². The molecule has 1 aromatic carbocycles. The molecule has 1 aromatic rings. The normalized spacial score (nSPS) is 11.4. The van der Waals surface area contributed by atoms with E-state index in [0.717, 1.165) is 6.08 Å². The van der Waals surface area contributed by atoms with Crippen molar-refractivity contribution in [1.82, 2.24) is 0 Å². The summed E-state index contributed by atoms with van der Waals surface area (Å²) in [5.74, 6) is -0.384. The summed E-state index contributed by atoms with van der Waals surface area (Å²) in [5, 5.41) is 5.13. The highest BCUT2D eigenvalue weighted by atomic mass is 32.2. The second-order valence-electron chi connectivity index (χ2n) is 3.66. The van der Waals surface area contributed by atoms with Crippen LogP contribution >= 0.6 is 0 Å². The van der Waals surface area contributed by atoms with Crippen LogP contribution in [0.4, 0.5) is 0 Å². The van der Waals surface area contributed by atoms with Gasteiger partial charge in [-0.1, -0.05) is 0 Å². The molecule has 0 aliphatic heterocycles. The Morgan fingerprint density at radius 2 is 1.85 bits per heavy atom. The third-order valence-electron chi connectivity index (χ3n) is 2.39. The van der Waals surface area contributed by atoms with E-state index in [4.69, 9.17) is 14.6 Å². The van der Waals surface area contributed by atoms with Gasteiger partial charge in [0, 0.05) is 6.08 Å². The fourth-order valence-corrected chi connectivity index (χ4v) is 2.23. The largest absolute Gasteiger partial charge is 0.493 e. The fraction of sp³-hybridized carbons (Fsp3) is 0.250. The number of primary sulfonamides is 1. The Bertz CT molecular complexity index is 636. The molecule has 110 valence electrons. The monoisotopic (exact) mass is 301 g/mol. The van der Waals surface area contributed by atoms with Gasteiger partial charge in [-0.2, -0.15) is 0 Å². The van der Waals surface area contributed by atoms with Crippen LogP contribution < -0.4 is 14.6 Å². The minimum Gasteiger partial charge on any atom is -0.493 e. The van der Waals surface area contributed by atoms with Crippen molar-refractivity contribution < 1.29 is 27.4 Å². The summed E-state index contributed by atoms with van der Waals surface area (Å²) in [4.78, 5) is 10.8. The fourth-order valence-electron chi connectivity index (χ4n) is 1.49. The molecule has 0 saturated heterocycles. The third-order valence-corrected chi connectivity index (χ3v) is 3.30. The maximum Gasteiger partial charge on any atom is 0.330 e. The number of benzene rings is 1. The highest BCUT2D eigenvalue weighted by Gasteiger charge is 2.20. The molecular weight excluding hydrogens is 286 g/mol. The summed E-state index contributed by atoms with van der Waals surface area (Å²) in [6, 6.07) is 2.78. The van der Waals surface area contributed by atoms with Gasteiger partial charge in [-0.15, -0.1) is 0 Å². The first-order valence-corrected chi connectivity index (χ1v) is 6.93. The molecule has 0 atom stereocenters. The zero-order chi connectivity index (χ0) is 15.3. The summed E-state index contributed by atoms with van der Waals surface area (Å²) in [6.45, 7) is 0. The van der Waals surface area contributed by atoms with Crippen molar-refractivity contribution in [3.63, 3.8) is 0 Å². The highest BCUT2D eigenvalue weighted by molar-refractivity contribution is 7.89. The smallest absolute Gasteiger partial charge is 0.330 e. The minimum atomic E-state index is -4.00. The van der Waals surface area contributed by atoms with Crippen molar-refractivity contribution in [3.8, 4) is 11.5 Å².